The van der Waals surface area contributed by atoms with Gasteiger partial charge in [-0.15, -0.1) is 0 Å². The van der Waals surface area contributed by atoms with Gasteiger partial charge in [0, 0.05) is 24.2 Å². The van der Waals surface area contributed by atoms with E-state index in [0.717, 1.165) is 22.5 Å². The van der Waals surface area contributed by atoms with Gasteiger partial charge in [-0.25, -0.2) is 4.98 Å². The monoisotopic (exact) mass is 358 g/mol. The average Bonchev–Trinajstić information content (AvgIpc) is 3.33. The number of hydrogen-bond donors (Lipinski definition) is 2. The number of nitrogens with one attached hydrogen (secondary N) is 1. The molecule has 0 radical (unpaired) electrons. The molecule has 4 heterocycles. The van der Waals surface area contributed by atoms with Crippen LogP contribution in [0.5, 0.6) is 5.75 Å². The molecule has 1 aliphatic heterocycles. The minimum atomic E-state index is -0.0812. The number of aromatic hydroxyl groups is 1. The van der Waals surface area contributed by atoms with Crippen LogP contribution in [0.2, 0.25) is 0 Å². The van der Waals surface area contributed by atoms with Gasteiger partial charge in [0.15, 0.2) is 0 Å². The van der Waals surface area contributed by atoms with E-state index in [0.29, 0.717) is 18.8 Å². The quantitative estimate of drug-likeness (QED) is 0.578. The third-order valence-corrected chi connectivity index (χ3v) is 5.18. The summed E-state index contributed by atoms with van der Waals surface area (Å²) in [5.74, 6) is 0.111. The molecule has 0 aliphatic carbocycles. The van der Waals surface area contributed by atoms with Crippen molar-refractivity contribution in [2.45, 2.75) is 12.5 Å². The molecule has 0 bridgehead atoms. The van der Waals surface area contributed by atoms with Gasteiger partial charge in [-0.2, -0.15) is 0 Å². The molecule has 6 nitrogen and oxygen atoms in total. The van der Waals surface area contributed by atoms with Gasteiger partial charge in [0.1, 0.15) is 11.4 Å². The zero-order valence-electron chi connectivity index (χ0n) is 14.5. The number of nitrogens with zero attached hydrogens (tertiary/aromatic N) is 3. The van der Waals surface area contributed by atoms with Gasteiger partial charge in [0.2, 0.25) is 0 Å². The number of fused-ring (bicyclic) bond motifs is 2. The number of aromatic nitrogens is 3. The van der Waals surface area contributed by atoms with Gasteiger partial charge < -0.3 is 19.4 Å². The van der Waals surface area contributed by atoms with Crippen LogP contribution in [0, 0.1) is 0 Å². The second-order valence-electron chi connectivity index (χ2n) is 6.81. The van der Waals surface area contributed by atoms with Crippen molar-refractivity contribution >= 4 is 11.4 Å². The van der Waals surface area contributed by atoms with E-state index in [9.17, 15) is 9.90 Å². The zero-order valence-corrected chi connectivity index (χ0v) is 14.5. The van der Waals surface area contributed by atoms with E-state index in [1.54, 1.807) is 18.5 Å². The van der Waals surface area contributed by atoms with Gasteiger partial charge in [0.05, 0.1) is 24.3 Å². The zero-order chi connectivity index (χ0) is 18.4. The number of carbonyl (C=O) groups excluding carboxylic acids is 1. The first kappa shape index (κ1) is 15.7. The molecule has 0 saturated heterocycles. The van der Waals surface area contributed by atoms with Crippen molar-refractivity contribution < 1.29 is 9.90 Å². The third-order valence-electron chi connectivity index (χ3n) is 5.18. The van der Waals surface area contributed by atoms with Crippen molar-refractivity contribution in [2.75, 3.05) is 6.54 Å². The first-order chi connectivity index (χ1) is 13.2. The highest BCUT2D eigenvalue weighted by Crippen LogP contribution is 2.33. The maximum atomic E-state index is 13.3. The summed E-state index contributed by atoms with van der Waals surface area (Å²) >= 11 is 0. The summed E-state index contributed by atoms with van der Waals surface area (Å²) in [4.78, 5) is 22.7. The molecule has 6 heteroatoms. The summed E-state index contributed by atoms with van der Waals surface area (Å²) in [6, 6.07) is 16.8. The first-order valence-corrected chi connectivity index (χ1v) is 8.87. The number of imidazole rings is 1. The Hall–Kier alpha value is -3.54. The Morgan fingerprint density at radius 3 is 2.96 bits per heavy atom. The average molecular weight is 358 g/mol. The molecular weight excluding hydrogens is 340 g/mol. The normalized spacial score (nSPS) is 16.4. The predicted octanol–water partition coefficient (Wildman–Crippen LogP) is 3.16. The standard InChI is InChI=1S/C21H18N4O2/c26-16-6-3-4-14(10-16)17-11-24(12-18-20(17)23-13-22-18)21(27)19-8-7-15-5-1-2-9-25(15)19/h1-10,13,17,26H,11-12H2,(H,22,23). The van der Waals surface area contributed by atoms with E-state index in [-0.39, 0.29) is 17.6 Å². The van der Waals surface area contributed by atoms with Gasteiger partial charge >= 0.3 is 0 Å². The molecule has 4 aromatic rings. The fourth-order valence-corrected chi connectivity index (χ4v) is 3.87. The van der Waals surface area contributed by atoms with Crippen LogP contribution in [0.15, 0.2) is 67.1 Å². The van der Waals surface area contributed by atoms with E-state index in [2.05, 4.69) is 9.97 Å². The van der Waals surface area contributed by atoms with E-state index in [1.807, 2.05) is 58.0 Å². The largest absolute Gasteiger partial charge is 0.508 e. The Labute approximate surface area is 155 Å². The number of hydrogen-bond acceptors (Lipinski definition) is 3. The number of H-pyrrole nitrogens is 1. The summed E-state index contributed by atoms with van der Waals surface area (Å²) in [6.45, 7) is 1.00. The van der Waals surface area contributed by atoms with Crippen LogP contribution in [0.1, 0.15) is 33.4 Å². The number of carbonyl (C=O) groups is 1. The van der Waals surface area contributed by atoms with Crippen LogP contribution in [0.3, 0.4) is 0 Å². The summed E-state index contributed by atoms with van der Waals surface area (Å²) in [5.41, 5.74) is 4.45. The lowest BCUT2D eigenvalue weighted by molar-refractivity contribution is 0.0715. The molecule has 1 unspecified atom stereocenters. The smallest absolute Gasteiger partial charge is 0.271 e. The number of aromatic amines is 1. The second-order valence-corrected chi connectivity index (χ2v) is 6.81. The summed E-state index contributed by atoms with van der Waals surface area (Å²) in [5, 5.41) is 9.87. The van der Waals surface area contributed by atoms with Gasteiger partial charge in [-0.1, -0.05) is 18.2 Å². The maximum Gasteiger partial charge on any atom is 0.271 e. The molecule has 2 N–H and O–H groups in total. The van der Waals surface area contributed by atoms with Gasteiger partial charge in [0.25, 0.3) is 5.91 Å². The second kappa shape index (κ2) is 6.02. The maximum absolute atomic E-state index is 13.3. The molecule has 0 spiro atoms. The number of benzene rings is 1. The lowest BCUT2D eigenvalue weighted by Gasteiger charge is -2.32. The predicted molar refractivity (Wildman–Crippen MR) is 101 cm³/mol. The van der Waals surface area contributed by atoms with Crippen molar-refractivity contribution in [1.29, 1.82) is 0 Å². The van der Waals surface area contributed by atoms with Crippen LogP contribution in [-0.2, 0) is 6.54 Å². The fraction of sp³-hybridized carbons (Fsp3) is 0.143. The van der Waals surface area contributed by atoms with Crippen molar-refractivity contribution in [3.8, 4) is 5.75 Å². The summed E-state index contributed by atoms with van der Waals surface area (Å²) < 4.78 is 1.91. The highest BCUT2D eigenvalue weighted by atomic mass is 16.3. The highest BCUT2D eigenvalue weighted by Gasteiger charge is 2.32. The minimum Gasteiger partial charge on any atom is -0.508 e. The van der Waals surface area contributed by atoms with Crippen molar-refractivity contribution in [2.24, 2.45) is 0 Å². The number of rotatable bonds is 2. The molecule has 3 aromatic heterocycles. The van der Waals surface area contributed by atoms with Crippen LogP contribution in [-0.4, -0.2) is 36.8 Å². The molecule has 1 amide bonds. The van der Waals surface area contributed by atoms with Crippen LogP contribution in [0.25, 0.3) is 5.52 Å². The molecule has 1 aliphatic rings. The van der Waals surface area contributed by atoms with E-state index < -0.39 is 0 Å². The number of amides is 1. The fourth-order valence-electron chi connectivity index (χ4n) is 3.87. The molecule has 134 valence electrons. The molecule has 1 atom stereocenters. The van der Waals surface area contributed by atoms with E-state index in [4.69, 9.17) is 0 Å². The number of phenolic OH excluding ortho intramolecular Hbond substituents is 1. The highest BCUT2D eigenvalue weighted by molar-refractivity contribution is 5.94. The molecule has 0 saturated carbocycles. The Morgan fingerprint density at radius 2 is 2.07 bits per heavy atom. The van der Waals surface area contributed by atoms with Crippen molar-refractivity contribution in [3.63, 3.8) is 0 Å². The molecular formula is C21H18N4O2. The SMILES string of the molecule is O=C(c1ccc2ccccn12)N1Cc2[nH]cnc2C(c2cccc(O)c2)C1. The lowest BCUT2D eigenvalue weighted by atomic mass is 9.90. The van der Waals surface area contributed by atoms with Crippen molar-refractivity contribution in [3.05, 3.63) is 89.8 Å². The third kappa shape index (κ3) is 2.57. The first-order valence-electron chi connectivity index (χ1n) is 8.87. The van der Waals surface area contributed by atoms with Gasteiger partial charge in [-0.05, 0) is 42.0 Å². The topological polar surface area (TPSA) is 73.6 Å². The molecule has 5 rings (SSSR count). The summed E-state index contributed by atoms with van der Waals surface area (Å²) in [7, 11) is 0. The Kier molecular flexibility index (Phi) is 3.50. The van der Waals surface area contributed by atoms with Crippen molar-refractivity contribution in [1.82, 2.24) is 19.3 Å². The van der Waals surface area contributed by atoms with E-state index in [1.165, 1.54) is 0 Å². The molecule has 27 heavy (non-hydrogen) atoms. The van der Waals surface area contributed by atoms with Crippen LogP contribution >= 0.6 is 0 Å². The number of phenols is 1. The Morgan fingerprint density at radius 1 is 1.15 bits per heavy atom. The van der Waals surface area contributed by atoms with Crippen LogP contribution in [0.4, 0.5) is 0 Å². The van der Waals surface area contributed by atoms with Gasteiger partial charge in [-0.3, -0.25) is 4.79 Å². The minimum absolute atomic E-state index is 0.0217. The summed E-state index contributed by atoms with van der Waals surface area (Å²) in [6.07, 6.45) is 3.57. The Balaban J connectivity index is 1.54. The molecule has 0 fully saturated rings. The Bertz CT molecular complexity index is 1140. The number of pyridine rings is 1. The van der Waals surface area contributed by atoms with Crippen LogP contribution < -0.4 is 0 Å². The molecule has 1 aromatic carbocycles. The van der Waals surface area contributed by atoms with E-state index >= 15 is 0 Å². The lowest BCUT2D eigenvalue weighted by Crippen LogP contribution is -2.39.